The monoisotopic (exact) mass is 375 g/mol. The molecule has 0 saturated heterocycles. The Labute approximate surface area is 155 Å². The van der Waals surface area contributed by atoms with Gasteiger partial charge in [0.15, 0.2) is 4.34 Å². The van der Waals surface area contributed by atoms with Gasteiger partial charge in [0.2, 0.25) is 5.13 Å². The molecule has 0 unspecified atom stereocenters. The van der Waals surface area contributed by atoms with Crippen LogP contribution in [0.2, 0.25) is 0 Å². The van der Waals surface area contributed by atoms with Crippen LogP contribution in [-0.2, 0) is 6.54 Å². The highest BCUT2D eigenvalue weighted by atomic mass is 32.2. The zero-order valence-electron chi connectivity index (χ0n) is 14.1. The number of thioether (sulfide) groups is 1. The third-order valence-corrected chi connectivity index (χ3v) is 5.60. The maximum Gasteiger partial charge on any atom is 0.210 e. The topological polar surface area (TPSA) is 64.9 Å². The first-order chi connectivity index (χ1) is 12.3. The first kappa shape index (κ1) is 17.8. The molecule has 0 fully saturated rings. The largest absolute Gasteiger partial charge is 0.497 e. The number of benzene rings is 1. The standard InChI is InChI=1S/C17H21N5OS2/c1-23-15-8-5-7-14(13-15)19-16-20-21-17(25-16)24-12-4-2-3-10-22-11-6-9-18-22/h5-9,11,13H,2-4,10,12H2,1H3,(H,19,20). The molecule has 0 aliphatic carbocycles. The lowest BCUT2D eigenvalue weighted by atomic mass is 10.2. The number of aromatic nitrogens is 4. The molecule has 0 aliphatic heterocycles. The number of aryl methyl sites for hydroxylation is 1. The molecule has 1 aromatic carbocycles. The predicted molar refractivity (Wildman–Crippen MR) is 103 cm³/mol. The summed E-state index contributed by atoms with van der Waals surface area (Å²) in [5.41, 5.74) is 0.950. The molecule has 0 spiro atoms. The van der Waals surface area contributed by atoms with Crippen molar-refractivity contribution in [1.29, 1.82) is 0 Å². The summed E-state index contributed by atoms with van der Waals surface area (Å²) in [4.78, 5) is 0. The minimum atomic E-state index is 0.800. The summed E-state index contributed by atoms with van der Waals surface area (Å²) in [6.45, 7) is 0.991. The van der Waals surface area contributed by atoms with Crippen molar-refractivity contribution in [2.24, 2.45) is 0 Å². The Morgan fingerprint density at radius 1 is 1.20 bits per heavy atom. The van der Waals surface area contributed by atoms with Gasteiger partial charge in [-0.1, -0.05) is 35.6 Å². The van der Waals surface area contributed by atoms with E-state index in [1.54, 1.807) is 30.2 Å². The van der Waals surface area contributed by atoms with E-state index in [2.05, 4.69) is 20.6 Å². The van der Waals surface area contributed by atoms with Crippen LogP contribution in [0, 0.1) is 0 Å². The van der Waals surface area contributed by atoms with Crippen LogP contribution in [0.3, 0.4) is 0 Å². The third-order valence-electron chi connectivity index (χ3n) is 3.54. The Hall–Kier alpha value is -2.06. The van der Waals surface area contributed by atoms with Crippen LogP contribution in [0.5, 0.6) is 5.75 Å². The summed E-state index contributed by atoms with van der Waals surface area (Å²) in [7, 11) is 1.66. The first-order valence-electron chi connectivity index (χ1n) is 8.18. The molecule has 3 aromatic rings. The van der Waals surface area contributed by atoms with E-state index in [4.69, 9.17) is 4.74 Å². The van der Waals surface area contributed by atoms with Crippen LogP contribution in [0.4, 0.5) is 10.8 Å². The summed E-state index contributed by atoms with van der Waals surface area (Å²) in [5.74, 6) is 1.88. The molecule has 3 rings (SSSR count). The predicted octanol–water partition coefficient (Wildman–Crippen LogP) is 4.45. The van der Waals surface area contributed by atoms with Gasteiger partial charge in [0, 0.05) is 36.4 Å². The zero-order chi connectivity index (χ0) is 17.3. The minimum Gasteiger partial charge on any atom is -0.497 e. The third kappa shape index (κ3) is 5.75. The van der Waals surface area contributed by atoms with Crippen molar-refractivity contribution in [3.8, 4) is 5.75 Å². The minimum absolute atomic E-state index is 0.800. The lowest BCUT2D eigenvalue weighted by Gasteiger charge is -2.04. The second kappa shape index (κ2) is 9.43. The van der Waals surface area contributed by atoms with E-state index < -0.39 is 0 Å². The van der Waals surface area contributed by atoms with Crippen LogP contribution < -0.4 is 10.1 Å². The van der Waals surface area contributed by atoms with E-state index in [0.717, 1.165) is 39.6 Å². The molecule has 0 radical (unpaired) electrons. The van der Waals surface area contributed by atoms with Crippen molar-refractivity contribution >= 4 is 33.9 Å². The number of hydrogen-bond acceptors (Lipinski definition) is 7. The number of nitrogens with zero attached hydrogens (tertiary/aromatic N) is 4. The van der Waals surface area contributed by atoms with Gasteiger partial charge in [-0.05, 0) is 31.0 Å². The van der Waals surface area contributed by atoms with Gasteiger partial charge >= 0.3 is 0 Å². The van der Waals surface area contributed by atoms with Crippen molar-refractivity contribution in [3.05, 3.63) is 42.7 Å². The van der Waals surface area contributed by atoms with Gasteiger partial charge in [0.25, 0.3) is 0 Å². The SMILES string of the molecule is COc1cccc(Nc2nnc(SCCCCCn3cccn3)s2)c1. The molecule has 0 atom stereocenters. The fourth-order valence-corrected chi connectivity index (χ4v) is 4.13. The molecule has 132 valence electrons. The first-order valence-corrected chi connectivity index (χ1v) is 9.98. The van der Waals surface area contributed by atoms with Crippen LogP contribution >= 0.6 is 23.1 Å². The molecular weight excluding hydrogens is 354 g/mol. The Bertz CT molecular complexity index is 760. The van der Waals surface area contributed by atoms with E-state index in [1.807, 2.05) is 47.4 Å². The number of anilines is 2. The van der Waals surface area contributed by atoms with Gasteiger partial charge in [-0.15, -0.1) is 10.2 Å². The van der Waals surface area contributed by atoms with Gasteiger partial charge in [-0.2, -0.15) is 5.10 Å². The van der Waals surface area contributed by atoms with E-state index in [0.29, 0.717) is 0 Å². The summed E-state index contributed by atoms with van der Waals surface area (Å²) in [6, 6.07) is 9.74. The summed E-state index contributed by atoms with van der Waals surface area (Å²) in [6.07, 6.45) is 7.35. The Balaban J connectivity index is 1.36. The van der Waals surface area contributed by atoms with Crippen molar-refractivity contribution in [2.45, 2.75) is 30.1 Å². The van der Waals surface area contributed by atoms with E-state index in [1.165, 1.54) is 12.8 Å². The molecule has 0 aliphatic rings. The van der Waals surface area contributed by atoms with Crippen LogP contribution in [0.15, 0.2) is 47.1 Å². The maximum atomic E-state index is 5.22. The lowest BCUT2D eigenvalue weighted by Crippen LogP contribution is -1.97. The van der Waals surface area contributed by atoms with E-state index in [9.17, 15) is 0 Å². The van der Waals surface area contributed by atoms with E-state index >= 15 is 0 Å². The molecule has 0 amide bonds. The van der Waals surface area contributed by atoms with Gasteiger partial charge in [-0.3, -0.25) is 4.68 Å². The average Bonchev–Trinajstić information content (AvgIpc) is 3.30. The summed E-state index contributed by atoms with van der Waals surface area (Å²) >= 11 is 3.34. The molecule has 0 saturated carbocycles. The van der Waals surface area contributed by atoms with Crippen LogP contribution in [0.1, 0.15) is 19.3 Å². The quantitative estimate of drug-likeness (QED) is 0.417. The number of methoxy groups -OCH3 is 1. The molecule has 6 nitrogen and oxygen atoms in total. The number of rotatable bonds is 10. The Morgan fingerprint density at radius 2 is 2.16 bits per heavy atom. The fourth-order valence-electron chi connectivity index (χ4n) is 2.29. The number of unbranched alkanes of at least 4 members (excludes halogenated alkanes) is 2. The second-order valence-corrected chi connectivity index (χ2v) is 7.73. The van der Waals surface area contributed by atoms with Gasteiger partial charge in [0.05, 0.1) is 7.11 Å². The molecule has 25 heavy (non-hydrogen) atoms. The van der Waals surface area contributed by atoms with Gasteiger partial charge in [0.1, 0.15) is 5.75 Å². The van der Waals surface area contributed by atoms with Gasteiger partial charge < -0.3 is 10.1 Å². The molecule has 8 heteroatoms. The smallest absolute Gasteiger partial charge is 0.210 e. The molecular formula is C17H21N5OS2. The Morgan fingerprint density at radius 3 is 3.00 bits per heavy atom. The number of ether oxygens (including phenoxy) is 1. The maximum absolute atomic E-state index is 5.22. The van der Waals surface area contributed by atoms with Crippen molar-refractivity contribution in [1.82, 2.24) is 20.0 Å². The van der Waals surface area contributed by atoms with Crippen LogP contribution in [-0.4, -0.2) is 32.8 Å². The second-order valence-electron chi connectivity index (χ2n) is 5.41. The number of hydrogen-bond donors (Lipinski definition) is 1. The summed E-state index contributed by atoms with van der Waals surface area (Å²) in [5, 5.41) is 16.7. The molecule has 1 N–H and O–H groups in total. The average molecular weight is 376 g/mol. The van der Waals surface area contributed by atoms with Crippen molar-refractivity contribution in [3.63, 3.8) is 0 Å². The highest BCUT2D eigenvalue weighted by molar-refractivity contribution is 8.01. The van der Waals surface area contributed by atoms with Crippen molar-refractivity contribution < 1.29 is 4.74 Å². The Kier molecular flexibility index (Phi) is 6.70. The summed E-state index contributed by atoms with van der Waals surface area (Å²) < 4.78 is 8.20. The zero-order valence-corrected chi connectivity index (χ0v) is 15.7. The number of nitrogens with one attached hydrogen (secondary N) is 1. The molecule has 2 heterocycles. The fraction of sp³-hybridized carbons (Fsp3) is 0.353. The highest BCUT2D eigenvalue weighted by Crippen LogP contribution is 2.29. The van der Waals surface area contributed by atoms with E-state index in [-0.39, 0.29) is 0 Å². The molecule has 0 bridgehead atoms. The van der Waals surface area contributed by atoms with Gasteiger partial charge in [-0.25, -0.2) is 0 Å². The normalized spacial score (nSPS) is 10.8. The van der Waals surface area contributed by atoms with Crippen LogP contribution in [0.25, 0.3) is 0 Å². The highest BCUT2D eigenvalue weighted by Gasteiger charge is 2.05. The molecule has 2 aromatic heterocycles. The lowest BCUT2D eigenvalue weighted by molar-refractivity contribution is 0.415. The van der Waals surface area contributed by atoms with Crippen molar-refractivity contribution in [2.75, 3.05) is 18.2 Å².